The Kier molecular flexibility index (Phi) is 5.20. The van der Waals surface area contributed by atoms with Gasteiger partial charge in [-0.05, 0) is 32.8 Å². The Morgan fingerprint density at radius 1 is 1.57 bits per heavy atom. The first-order valence-electron chi connectivity index (χ1n) is 6.25. The number of rotatable bonds is 7. The summed E-state index contributed by atoms with van der Waals surface area (Å²) in [6.07, 6.45) is 0.477. The molecule has 0 fully saturated rings. The van der Waals surface area contributed by atoms with Crippen molar-refractivity contribution in [3.05, 3.63) is 33.6 Å². The Hall–Kier alpha value is -2.22. The fourth-order valence-corrected chi connectivity index (χ4v) is 1.68. The lowest BCUT2D eigenvalue weighted by molar-refractivity contribution is -0.385. The maximum absolute atomic E-state index is 13.6. The summed E-state index contributed by atoms with van der Waals surface area (Å²) in [5.74, 6) is -2.06. The summed E-state index contributed by atoms with van der Waals surface area (Å²) in [7, 11) is 0. The first-order chi connectivity index (χ1) is 9.65. The van der Waals surface area contributed by atoms with Gasteiger partial charge in [-0.2, -0.15) is 0 Å². The van der Waals surface area contributed by atoms with Crippen LogP contribution in [0.4, 0.5) is 10.1 Å². The van der Waals surface area contributed by atoms with Gasteiger partial charge in [-0.25, -0.2) is 4.39 Å². The molecule has 0 aliphatic carbocycles. The molecule has 8 heteroatoms. The fraction of sp³-hybridized carbons (Fsp3) is 0.462. The van der Waals surface area contributed by atoms with E-state index in [4.69, 9.17) is 15.6 Å². The Bertz CT molecular complexity index is 560. The molecular weight excluding hydrogens is 283 g/mol. The van der Waals surface area contributed by atoms with E-state index < -0.39 is 22.2 Å². The van der Waals surface area contributed by atoms with Gasteiger partial charge >= 0.3 is 5.97 Å². The molecule has 0 aliphatic heterocycles. The van der Waals surface area contributed by atoms with Crippen molar-refractivity contribution in [2.24, 2.45) is 5.73 Å². The highest BCUT2D eigenvalue weighted by Crippen LogP contribution is 2.27. The zero-order valence-corrected chi connectivity index (χ0v) is 11.8. The summed E-state index contributed by atoms with van der Waals surface area (Å²) in [5, 5.41) is 19.5. The second-order valence-corrected chi connectivity index (χ2v) is 5.00. The van der Waals surface area contributed by atoms with E-state index in [1.165, 1.54) is 19.9 Å². The minimum Gasteiger partial charge on any atom is -0.490 e. The van der Waals surface area contributed by atoms with Crippen molar-refractivity contribution in [1.29, 1.82) is 0 Å². The summed E-state index contributed by atoms with van der Waals surface area (Å²) in [4.78, 5) is 20.8. The van der Waals surface area contributed by atoms with Crippen LogP contribution in [-0.4, -0.2) is 28.1 Å². The van der Waals surface area contributed by atoms with Crippen molar-refractivity contribution in [2.75, 3.05) is 6.61 Å². The number of nitrogens with zero attached hydrogens (tertiary/aromatic N) is 1. The first-order valence-corrected chi connectivity index (χ1v) is 6.25. The highest BCUT2D eigenvalue weighted by atomic mass is 19.1. The van der Waals surface area contributed by atoms with Crippen molar-refractivity contribution in [3.8, 4) is 5.75 Å². The zero-order valence-electron chi connectivity index (χ0n) is 11.8. The molecule has 21 heavy (non-hydrogen) atoms. The number of carboxylic acids is 1. The minimum atomic E-state index is -1.37. The number of carboxylic acid groups (broad SMARTS) is 1. The number of ether oxygens (including phenoxy) is 1. The topological polar surface area (TPSA) is 116 Å². The smallest absolute Gasteiger partial charge is 0.323 e. The molecule has 0 heterocycles. The normalized spacial score (nSPS) is 13.5. The predicted octanol–water partition coefficient (Wildman–Crippen LogP) is 2.00. The predicted molar refractivity (Wildman–Crippen MR) is 72.7 cm³/mol. The van der Waals surface area contributed by atoms with Crippen LogP contribution in [0.25, 0.3) is 0 Å². The molecule has 0 saturated heterocycles. The number of aliphatic carboxylic acids is 1. The van der Waals surface area contributed by atoms with Crippen LogP contribution in [0.5, 0.6) is 5.75 Å². The molecule has 1 aromatic rings. The van der Waals surface area contributed by atoms with E-state index in [2.05, 4.69) is 0 Å². The van der Waals surface area contributed by atoms with Crippen LogP contribution >= 0.6 is 0 Å². The highest BCUT2D eigenvalue weighted by Gasteiger charge is 2.27. The Labute approximate surface area is 120 Å². The molecule has 1 unspecified atom stereocenters. The summed E-state index contributed by atoms with van der Waals surface area (Å²) in [6, 6.07) is 2.04. The standard InChI is InChI=1S/C13H17FN2O5/c1-8-6-11(9(14)7-10(8)16(19)20)21-5-3-4-13(2,15)12(17)18/h6-7H,3-5,15H2,1-2H3,(H,17,18). The summed E-state index contributed by atoms with van der Waals surface area (Å²) in [6.45, 7) is 2.92. The largest absolute Gasteiger partial charge is 0.490 e. The molecule has 1 atom stereocenters. The second kappa shape index (κ2) is 6.49. The van der Waals surface area contributed by atoms with E-state index in [1.54, 1.807) is 0 Å². The van der Waals surface area contributed by atoms with Crippen LogP contribution in [0, 0.1) is 22.9 Å². The van der Waals surface area contributed by atoms with Crippen molar-refractivity contribution in [3.63, 3.8) is 0 Å². The maximum atomic E-state index is 13.6. The van der Waals surface area contributed by atoms with Gasteiger partial charge in [0.1, 0.15) is 5.54 Å². The monoisotopic (exact) mass is 300 g/mol. The van der Waals surface area contributed by atoms with Gasteiger partial charge < -0.3 is 15.6 Å². The van der Waals surface area contributed by atoms with E-state index in [0.29, 0.717) is 6.42 Å². The molecule has 0 aromatic heterocycles. The summed E-state index contributed by atoms with van der Waals surface area (Å²) >= 11 is 0. The van der Waals surface area contributed by atoms with Crippen LogP contribution in [-0.2, 0) is 4.79 Å². The number of carbonyl (C=O) groups is 1. The van der Waals surface area contributed by atoms with Gasteiger partial charge in [0.15, 0.2) is 11.6 Å². The average Bonchev–Trinajstić information content (AvgIpc) is 2.37. The zero-order chi connectivity index (χ0) is 16.2. The number of aryl methyl sites for hydroxylation is 1. The number of nitrogens with two attached hydrogens (primary N) is 1. The molecule has 0 saturated carbocycles. The summed E-state index contributed by atoms with van der Waals surface area (Å²) < 4.78 is 18.8. The molecular formula is C13H17FN2O5. The minimum absolute atomic E-state index is 0.0637. The van der Waals surface area contributed by atoms with E-state index >= 15 is 0 Å². The molecule has 0 bridgehead atoms. The van der Waals surface area contributed by atoms with Crippen LogP contribution in [0.3, 0.4) is 0 Å². The molecule has 1 rings (SSSR count). The molecule has 3 N–H and O–H groups in total. The molecule has 0 spiro atoms. The number of benzene rings is 1. The molecule has 0 radical (unpaired) electrons. The Balaban J connectivity index is 2.63. The third-order valence-corrected chi connectivity index (χ3v) is 3.03. The fourth-order valence-electron chi connectivity index (χ4n) is 1.68. The molecule has 0 amide bonds. The van der Waals surface area contributed by atoms with Gasteiger partial charge in [0.25, 0.3) is 5.69 Å². The van der Waals surface area contributed by atoms with E-state index in [-0.39, 0.29) is 30.0 Å². The molecule has 116 valence electrons. The lowest BCUT2D eigenvalue weighted by Crippen LogP contribution is -2.44. The highest BCUT2D eigenvalue weighted by molar-refractivity contribution is 5.77. The van der Waals surface area contributed by atoms with Gasteiger partial charge in [0.2, 0.25) is 0 Å². The Morgan fingerprint density at radius 3 is 2.71 bits per heavy atom. The van der Waals surface area contributed by atoms with Crippen molar-refractivity contribution >= 4 is 11.7 Å². The second-order valence-electron chi connectivity index (χ2n) is 5.00. The van der Waals surface area contributed by atoms with E-state index in [1.807, 2.05) is 0 Å². The SMILES string of the molecule is Cc1cc(OCCCC(C)(N)C(=O)O)c(F)cc1[N+](=O)[O-]. The maximum Gasteiger partial charge on any atom is 0.323 e. The number of halogens is 1. The number of nitro groups is 1. The van der Waals surface area contributed by atoms with Gasteiger partial charge in [0, 0.05) is 5.56 Å². The number of hydrogen-bond donors (Lipinski definition) is 2. The van der Waals surface area contributed by atoms with Gasteiger partial charge in [-0.1, -0.05) is 0 Å². The van der Waals surface area contributed by atoms with Crippen LogP contribution in [0.2, 0.25) is 0 Å². The van der Waals surface area contributed by atoms with Crippen molar-refractivity contribution < 1.29 is 24.0 Å². The third kappa shape index (κ3) is 4.38. The lowest BCUT2D eigenvalue weighted by atomic mass is 9.98. The average molecular weight is 300 g/mol. The molecule has 7 nitrogen and oxygen atoms in total. The van der Waals surface area contributed by atoms with Gasteiger partial charge in [-0.3, -0.25) is 14.9 Å². The first kappa shape index (κ1) is 16.8. The van der Waals surface area contributed by atoms with Crippen molar-refractivity contribution in [1.82, 2.24) is 0 Å². The summed E-state index contributed by atoms with van der Waals surface area (Å²) in [5.41, 5.74) is 4.14. The van der Waals surface area contributed by atoms with Gasteiger partial charge in [0.05, 0.1) is 17.6 Å². The van der Waals surface area contributed by atoms with E-state index in [0.717, 1.165) is 6.07 Å². The number of nitro benzene ring substituents is 1. The third-order valence-electron chi connectivity index (χ3n) is 3.03. The molecule has 0 aliphatic rings. The van der Waals surface area contributed by atoms with Crippen LogP contribution in [0.15, 0.2) is 12.1 Å². The van der Waals surface area contributed by atoms with E-state index in [9.17, 15) is 19.3 Å². The quantitative estimate of drug-likeness (QED) is 0.452. The van der Waals surface area contributed by atoms with Gasteiger partial charge in [-0.15, -0.1) is 0 Å². The van der Waals surface area contributed by atoms with Crippen LogP contribution < -0.4 is 10.5 Å². The molecule has 1 aromatic carbocycles. The lowest BCUT2D eigenvalue weighted by Gasteiger charge is -2.18. The van der Waals surface area contributed by atoms with Crippen LogP contribution in [0.1, 0.15) is 25.3 Å². The van der Waals surface area contributed by atoms with Crippen molar-refractivity contribution in [2.45, 2.75) is 32.2 Å². The Morgan fingerprint density at radius 2 is 2.19 bits per heavy atom. The number of hydrogen-bond acceptors (Lipinski definition) is 5.